The number of nitrogens with zero attached hydrogens (tertiary/aromatic N) is 2. The van der Waals surface area contributed by atoms with E-state index >= 15 is 0 Å². The van der Waals surface area contributed by atoms with Gasteiger partial charge in [0.2, 0.25) is 17.8 Å². The molecule has 0 unspecified atom stereocenters. The van der Waals surface area contributed by atoms with Gasteiger partial charge in [-0.3, -0.25) is 19.4 Å². The van der Waals surface area contributed by atoms with Crippen LogP contribution in [0.1, 0.15) is 44.1 Å². The number of hydrogen-bond donors (Lipinski definition) is 3. The maximum absolute atomic E-state index is 12.9. The number of hydrogen-bond acceptors (Lipinski definition) is 5. The molecule has 1 aromatic carbocycles. The van der Waals surface area contributed by atoms with Gasteiger partial charge in [-0.2, -0.15) is 4.98 Å². The molecule has 2 atom stereocenters. The minimum atomic E-state index is -0.965. The fraction of sp³-hybridized carbons (Fsp3) is 0.400. The van der Waals surface area contributed by atoms with Crippen molar-refractivity contribution in [2.45, 2.75) is 44.6 Å². The van der Waals surface area contributed by atoms with Gasteiger partial charge in [-0.05, 0) is 44.4 Å². The molecule has 0 radical (unpaired) electrons. The molecular weight excluding hydrogens is 429 g/mol. The first-order valence-corrected chi connectivity index (χ1v) is 10.6. The van der Waals surface area contributed by atoms with E-state index in [0.29, 0.717) is 16.7 Å². The number of rotatable bonds is 3. The van der Waals surface area contributed by atoms with Crippen molar-refractivity contribution in [1.82, 2.24) is 9.97 Å². The Labute approximate surface area is 183 Å². The van der Waals surface area contributed by atoms with Crippen LogP contribution in [0.3, 0.4) is 0 Å². The van der Waals surface area contributed by atoms with Gasteiger partial charge in [-0.25, -0.2) is 0 Å². The predicted molar refractivity (Wildman–Crippen MR) is 117 cm³/mol. The van der Waals surface area contributed by atoms with Crippen LogP contribution in [0.5, 0.6) is 0 Å². The van der Waals surface area contributed by atoms with Gasteiger partial charge in [-0.15, -0.1) is 0 Å². The molecule has 2 aliphatic heterocycles. The molecule has 8 nitrogen and oxygen atoms in total. The SMILES string of the molecule is C[C@@H]1CCCCN1c1nc2c(c(=O)[nH]1)[C@@H](C(=O)Nc1ccc(Cl)c(Cl)c1)CC(=O)N2. The van der Waals surface area contributed by atoms with Gasteiger partial charge >= 0.3 is 0 Å². The molecule has 158 valence electrons. The fourth-order valence-corrected chi connectivity index (χ4v) is 4.23. The molecule has 1 saturated heterocycles. The molecule has 4 rings (SSSR count). The van der Waals surface area contributed by atoms with Crippen LogP contribution in [0.25, 0.3) is 0 Å². The number of carbonyl (C=O) groups excluding carboxylic acids is 2. The number of amides is 2. The van der Waals surface area contributed by atoms with Crippen molar-refractivity contribution in [2.75, 3.05) is 22.1 Å². The molecule has 2 aromatic rings. The molecule has 1 fully saturated rings. The fourth-order valence-electron chi connectivity index (χ4n) is 3.94. The highest BCUT2D eigenvalue weighted by atomic mass is 35.5. The van der Waals surface area contributed by atoms with Crippen molar-refractivity contribution in [3.8, 4) is 0 Å². The van der Waals surface area contributed by atoms with Crippen molar-refractivity contribution in [3.05, 3.63) is 44.2 Å². The molecule has 10 heteroatoms. The zero-order valence-electron chi connectivity index (χ0n) is 16.3. The second kappa shape index (κ2) is 8.28. The maximum Gasteiger partial charge on any atom is 0.258 e. The topological polar surface area (TPSA) is 107 Å². The molecule has 0 aliphatic carbocycles. The lowest BCUT2D eigenvalue weighted by Crippen LogP contribution is -2.41. The van der Waals surface area contributed by atoms with Crippen LogP contribution < -0.4 is 21.1 Å². The number of carbonyl (C=O) groups is 2. The molecule has 3 heterocycles. The van der Waals surface area contributed by atoms with Gasteiger partial charge in [0.05, 0.1) is 21.5 Å². The van der Waals surface area contributed by atoms with E-state index in [0.717, 1.165) is 25.8 Å². The number of H-pyrrole nitrogens is 1. The summed E-state index contributed by atoms with van der Waals surface area (Å²) in [6.07, 6.45) is 2.99. The van der Waals surface area contributed by atoms with Crippen LogP contribution in [-0.4, -0.2) is 34.4 Å². The van der Waals surface area contributed by atoms with Crippen molar-refractivity contribution in [2.24, 2.45) is 0 Å². The third-order valence-corrected chi connectivity index (χ3v) is 6.26. The van der Waals surface area contributed by atoms with Crippen LogP contribution >= 0.6 is 23.2 Å². The third-order valence-electron chi connectivity index (χ3n) is 5.52. The highest BCUT2D eigenvalue weighted by Gasteiger charge is 2.35. The highest BCUT2D eigenvalue weighted by molar-refractivity contribution is 6.42. The predicted octanol–water partition coefficient (Wildman–Crippen LogP) is 3.52. The Morgan fingerprint density at radius 3 is 2.77 bits per heavy atom. The van der Waals surface area contributed by atoms with E-state index in [1.165, 1.54) is 6.07 Å². The van der Waals surface area contributed by atoms with Crippen molar-refractivity contribution in [3.63, 3.8) is 0 Å². The third kappa shape index (κ3) is 4.02. The number of halogens is 2. The normalized spacial score (nSPS) is 21.0. The Morgan fingerprint density at radius 2 is 2.03 bits per heavy atom. The smallest absolute Gasteiger partial charge is 0.258 e. The Balaban J connectivity index is 1.65. The number of anilines is 3. The molecule has 0 saturated carbocycles. The number of benzene rings is 1. The summed E-state index contributed by atoms with van der Waals surface area (Å²) in [6, 6.07) is 4.89. The number of fused-ring (bicyclic) bond motifs is 1. The van der Waals surface area contributed by atoms with Crippen LogP contribution in [0.4, 0.5) is 17.5 Å². The number of aromatic nitrogens is 2. The van der Waals surface area contributed by atoms with Gasteiger partial charge in [0.25, 0.3) is 5.56 Å². The van der Waals surface area contributed by atoms with E-state index in [9.17, 15) is 14.4 Å². The molecule has 30 heavy (non-hydrogen) atoms. The minimum absolute atomic E-state index is 0.136. The molecule has 1 aromatic heterocycles. The number of aromatic amines is 1. The second-order valence-corrected chi connectivity index (χ2v) is 8.43. The standard InChI is InChI=1S/C20H21Cl2N5O3/c1-10-4-2-3-7-27(10)20-25-17-16(19(30)26-20)12(9-15(28)24-17)18(29)23-11-5-6-13(21)14(22)8-11/h5-6,8,10,12H,2-4,7,9H2,1H3,(H,23,29)(H2,24,25,26,28,30)/t10-,12+/m1/s1. The van der Waals surface area contributed by atoms with Crippen molar-refractivity contribution < 1.29 is 9.59 Å². The summed E-state index contributed by atoms with van der Waals surface area (Å²) in [5, 5.41) is 5.99. The average Bonchev–Trinajstić information content (AvgIpc) is 2.70. The zero-order chi connectivity index (χ0) is 21.4. The van der Waals surface area contributed by atoms with Gasteiger partial charge in [0.1, 0.15) is 5.82 Å². The molecule has 2 amide bonds. The monoisotopic (exact) mass is 449 g/mol. The lowest BCUT2D eigenvalue weighted by atomic mass is 9.92. The number of nitrogens with one attached hydrogen (secondary N) is 3. The summed E-state index contributed by atoms with van der Waals surface area (Å²) in [6.45, 7) is 2.85. The van der Waals surface area contributed by atoms with E-state index in [2.05, 4.69) is 27.5 Å². The Bertz CT molecular complexity index is 1070. The first-order chi connectivity index (χ1) is 14.3. The quantitative estimate of drug-likeness (QED) is 0.664. The van der Waals surface area contributed by atoms with E-state index in [1.54, 1.807) is 12.1 Å². The molecule has 2 aliphatic rings. The van der Waals surface area contributed by atoms with Crippen LogP contribution in [0.15, 0.2) is 23.0 Å². The van der Waals surface area contributed by atoms with E-state index in [1.807, 2.05) is 4.90 Å². The number of piperidine rings is 1. The summed E-state index contributed by atoms with van der Waals surface area (Å²) in [5.41, 5.74) is 0.146. The summed E-state index contributed by atoms with van der Waals surface area (Å²) in [5.74, 6) is -1.27. The van der Waals surface area contributed by atoms with Crippen LogP contribution in [-0.2, 0) is 9.59 Å². The maximum atomic E-state index is 12.9. The Hall–Kier alpha value is -2.58. The zero-order valence-corrected chi connectivity index (χ0v) is 17.8. The summed E-state index contributed by atoms with van der Waals surface area (Å²) in [4.78, 5) is 47.4. The van der Waals surface area contributed by atoms with Crippen molar-refractivity contribution in [1.29, 1.82) is 0 Å². The van der Waals surface area contributed by atoms with Crippen molar-refractivity contribution >= 4 is 52.5 Å². The largest absolute Gasteiger partial charge is 0.340 e. The summed E-state index contributed by atoms with van der Waals surface area (Å²) >= 11 is 11.9. The van der Waals surface area contributed by atoms with Crippen LogP contribution in [0, 0.1) is 0 Å². The lowest BCUT2D eigenvalue weighted by Gasteiger charge is -2.34. The van der Waals surface area contributed by atoms with Gasteiger partial charge in [0.15, 0.2) is 0 Å². The lowest BCUT2D eigenvalue weighted by molar-refractivity contribution is -0.123. The minimum Gasteiger partial charge on any atom is -0.340 e. The average molecular weight is 450 g/mol. The van der Waals surface area contributed by atoms with E-state index < -0.39 is 17.4 Å². The first-order valence-electron chi connectivity index (χ1n) is 9.80. The van der Waals surface area contributed by atoms with E-state index in [-0.39, 0.29) is 34.8 Å². The summed E-state index contributed by atoms with van der Waals surface area (Å²) < 4.78 is 0. The molecule has 3 N–H and O–H groups in total. The molecular formula is C20H21Cl2N5O3. The first kappa shape index (κ1) is 20.7. The molecule has 0 bridgehead atoms. The molecule has 0 spiro atoms. The van der Waals surface area contributed by atoms with Crippen LogP contribution in [0.2, 0.25) is 10.0 Å². The van der Waals surface area contributed by atoms with Gasteiger partial charge < -0.3 is 15.5 Å². The second-order valence-electron chi connectivity index (χ2n) is 7.61. The van der Waals surface area contributed by atoms with Gasteiger partial charge in [-0.1, -0.05) is 23.2 Å². The Morgan fingerprint density at radius 1 is 1.23 bits per heavy atom. The van der Waals surface area contributed by atoms with E-state index in [4.69, 9.17) is 23.2 Å². The Kier molecular flexibility index (Phi) is 5.71. The highest BCUT2D eigenvalue weighted by Crippen LogP contribution is 2.32. The van der Waals surface area contributed by atoms with Gasteiger partial charge in [0, 0.05) is 24.7 Å². The summed E-state index contributed by atoms with van der Waals surface area (Å²) in [7, 11) is 0.